The number of halogens is 1. The van der Waals surface area contributed by atoms with E-state index in [9.17, 15) is 47.9 Å². The van der Waals surface area contributed by atoms with Crippen molar-refractivity contribution in [1.29, 1.82) is 0 Å². The van der Waals surface area contributed by atoms with Gasteiger partial charge in [0, 0.05) is 48.4 Å². The van der Waals surface area contributed by atoms with Crippen molar-refractivity contribution in [3.8, 4) is 22.5 Å². The van der Waals surface area contributed by atoms with Crippen LogP contribution in [-0.2, 0) is 88.9 Å². The summed E-state index contributed by atoms with van der Waals surface area (Å²) in [7, 11) is 1.33. The Morgan fingerprint density at radius 1 is 0.764 bits per heavy atom. The average Bonchev–Trinajstić information content (AvgIpc) is 1.71. The summed E-state index contributed by atoms with van der Waals surface area (Å²) in [6.45, 7) is 5.52. The molecule has 0 bridgehead atoms. The van der Waals surface area contributed by atoms with Gasteiger partial charge in [0.05, 0.1) is 54.7 Å². The lowest BCUT2D eigenvalue weighted by Gasteiger charge is -2.32. The number of cyclic esters (lactones) is 1. The molecule has 89 heavy (non-hydrogen) atoms. The summed E-state index contributed by atoms with van der Waals surface area (Å²) in [4.78, 5) is 139. The number of carbonyl (C=O) groups excluding carboxylic acids is 9. The molecule has 24 heteroatoms. The number of alkyl carbamates (subject to hydrolysis) is 1. The van der Waals surface area contributed by atoms with Crippen LogP contribution in [0.5, 0.6) is 0 Å². The van der Waals surface area contributed by atoms with E-state index in [4.69, 9.17) is 23.9 Å². The minimum atomic E-state index is -1.61. The van der Waals surface area contributed by atoms with E-state index in [0.29, 0.717) is 56.6 Å². The number of aryl methyl sites for hydroxylation is 1. The molecule has 0 fully saturated rings. The summed E-state index contributed by atoms with van der Waals surface area (Å²) in [5.41, 5.74) is 5.55. The van der Waals surface area contributed by atoms with E-state index in [1.165, 1.54) is 24.7 Å². The molecule has 0 saturated heterocycles. The first-order valence-electron chi connectivity index (χ1n) is 29.2. The lowest BCUT2D eigenvalue weighted by Crippen LogP contribution is -2.53. The summed E-state index contributed by atoms with van der Waals surface area (Å²) < 4.78 is 39.2. The number of nitrogens with zero attached hydrogens (tertiary/aromatic N) is 2. The first-order valence-corrected chi connectivity index (χ1v) is 29.2. The van der Waals surface area contributed by atoms with Crippen LogP contribution in [0.25, 0.3) is 33.4 Å². The van der Waals surface area contributed by atoms with Crippen LogP contribution in [-0.4, -0.2) is 121 Å². The number of benzene rings is 4. The molecule has 464 valence electrons. The standard InChI is InChI=1S/C65H68FN9O14/c1-34-36-20-21-46(57-41-31-75-50(58(41)73-48(56(36)57)26-45(34)66)25-44-43(61(75)83)33-87-62(84)65(44,5)86-6)74-60(82)47(22-23-55(80)89-64(2,3)4)71-53(78)29-67-51(76)27-69-59(81)49(24-35-14-8-7-9-15-35)72-54(79)30-68-52(77)28-70-63(85)88-32-42-39-18-12-10-16-37(39)38-17-11-13-19-40(38)42/h7-19,25-26,42,46-47,49H,20-24,27-33H2,1-6H3,(H,67,76)(H,68,77)(H,69,81)(H,70,85)(H,71,78)(H,72,79)(H,74,82)/t46-,47-,49-,65+/m0/s1. The number of hydrogen-bond acceptors (Lipinski definition) is 15. The number of ether oxygens (including phenoxy) is 4. The summed E-state index contributed by atoms with van der Waals surface area (Å²) in [6, 6.07) is 23.9. The second-order valence-electron chi connectivity index (χ2n) is 23.4. The van der Waals surface area contributed by atoms with E-state index >= 15 is 4.39 Å². The molecule has 7 amide bonds. The predicted molar refractivity (Wildman–Crippen MR) is 320 cm³/mol. The molecule has 10 rings (SSSR count). The largest absolute Gasteiger partial charge is 0.460 e. The Morgan fingerprint density at radius 2 is 1.38 bits per heavy atom. The van der Waals surface area contributed by atoms with Gasteiger partial charge in [-0.2, -0.15) is 0 Å². The zero-order valence-electron chi connectivity index (χ0n) is 49.9. The van der Waals surface area contributed by atoms with Gasteiger partial charge in [0.25, 0.3) is 5.56 Å². The van der Waals surface area contributed by atoms with Gasteiger partial charge < -0.3 is 60.7 Å². The Morgan fingerprint density at radius 3 is 2.03 bits per heavy atom. The third-order valence-corrected chi connectivity index (χ3v) is 16.4. The number of carbonyl (C=O) groups is 9. The summed E-state index contributed by atoms with van der Waals surface area (Å²) in [5.74, 6) is -6.64. The van der Waals surface area contributed by atoms with Gasteiger partial charge in [0.15, 0.2) is 5.60 Å². The molecule has 4 aliphatic rings. The van der Waals surface area contributed by atoms with E-state index < -0.39 is 120 Å². The lowest BCUT2D eigenvalue weighted by atomic mass is 9.81. The molecule has 23 nitrogen and oxygen atoms in total. The Balaban J connectivity index is 0.759. The van der Waals surface area contributed by atoms with Crippen molar-refractivity contribution in [2.45, 2.75) is 115 Å². The fourth-order valence-corrected chi connectivity index (χ4v) is 12.0. The molecule has 0 unspecified atom stereocenters. The number of nitrogens with one attached hydrogen (secondary N) is 7. The Bertz CT molecular complexity index is 3890. The highest BCUT2D eigenvalue weighted by Crippen LogP contribution is 2.47. The maximum Gasteiger partial charge on any atom is 0.407 e. The van der Waals surface area contributed by atoms with Crippen molar-refractivity contribution in [3.05, 3.63) is 157 Å². The van der Waals surface area contributed by atoms with Crippen LogP contribution in [0.1, 0.15) is 109 Å². The normalized spacial score (nSPS) is 16.6. The maximum atomic E-state index is 15.7. The number of esters is 2. The highest BCUT2D eigenvalue weighted by molar-refractivity contribution is 5.97. The van der Waals surface area contributed by atoms with Gasteiger partial charge in [-0.05, 0) is 104 Å². The summed E-state index contributed by atoms with van der Waals surface area (Å²) in [5, 5.41) is 18.5. The molecule has 6 aromatic rings. The summed E-state index contributed by atoms with van der Waals surface area (Å²) in [6.07, 6.45) is -0.831. The highest BCUT2D eigenvalue weighted by Gasteiger charge is 2.46. The van der Waals surface area contributed by atoms with E-state index in [1.807, 2.05) is 48.5 Å². The molecule has 0 radical (unpaired) electrons. The Labute approximate surface area is 510 Å². The molecular weight excluding hydrogens is 1150 g/mol. The quantitative estimate of drug-likeness (QED) is 0.0393. The molecule has 2 aliphatic heterocycles. The van der Waals surface area contributed by atoms with Gasteiger partial charge in [0.1, 0.15) is 43.3 Å². The van der Waals surface area contributed by atoms with Gasteiger partial charge in [-0.25, -0.2) is 19.0 Å². The zero-order valence-corrected chi connectivity index (χ0v) is 49.9. The molecule has 0 saturated carbocycles. The topological polar surface area (TPSA) is 310 Å². The molecule has 4 heterocycles. The van der Waals surface area contributed by atoms with Gasteiger partial charge in [0.2, 0.25) is 35.4 Å². The molecular formula is C65H68FN9O14. The monoisotopic (exact) mass is 1220 g/mol. The molecule has 7 N–H and O–H groups in total. The molecule has 4 aromatic carbocycles. The molecule has 4 atom stereocenters. The van der Waals surface area contributed by atoms with Gasteiger partial charge in [-0.15, -0.1) is 0 Å². The first-order chi connectivity index (χ1) is 42.5. The van der Waals surface area contributed by atoms with Crippen molar-refractivity contribution < 1.29 is 66.5 Å². The first kappa shape index (κ1) is 62.2. The number of fused-ring (bicyclic) bond motifs is 8. The SMILES string of the molecule is CO[C@@]1(C)C(=O)OCc2c1cc1n(c2=O)Cc2c-1nc1cc(F)c(C)c3c1c2[C@@H](NC(=O)[C@H](CCC(=O)OC(C)(C)C)NC(=O)CNC(=O)CNC(=O)[C@H](Cc1ccccc1)NC(=O)CNC(=O)CNC(=O)OCC1c2ccccc2-c2ccccc21)CC3. The van der Waals surface area contributed by atoms with E-state index in [2.05, 4.69) is 37.2 Å². The fourth-order valence-electron chi connectivity index (χ4n) is 12.0. The second-order valence-corrected chi connectivity index (χ2v) is 23.4. The molecule has 2 aliphatic carbocycles. The third kappa shape index (κ3) is 13.4. The van der Waals surface area contributed by atoms with Gasteiger partial charge in [-0.3, -0.25) is 38.4 Å². The van der Waals surface area contributed by atoms with Crippen molar-refractivity contribution in [1.82, 2.24) is 46.8 Å². The van der Waals surface area contributed by atoms with Crippen molar-refractivity contribution in [2.24, 2.45) is 0 Å². The zero-order chi connectivity index (χ0) is 63.5. The Hall–Kier alpha value is -9.84. The minimum absolute atomic E-state index is 0.00444. The smallest absolute Gasteiger partial charge is 0.407 e. The average molecular weight is 1220 g/mol. The fraction of sp³-hybridized carbons (Fsp3) is 0.369. The lowest BCUT2D eigenvalue weighted by molar-refractivity contribution is -0.173. The van der Waals surface area contributed by atoms with Crippen LogP contribution in [0.15, 0.2) is 95.8 Å². The number of amides is 7. The van der Waals surface area contributed by atoms with E-state index in [0.717, 1.165) is 22.3 Å². The second kappa shape index (κ2) is 25.9. The molecule has 2 aromatic heterocycles. The maximum absolute atomic E-state index is 15.7. The van der Waals surface area contributed by atoms with Gasteiger partial charge >= 0.3 is 18.0 Å². The van der Waals surface area contributed by atoms with Crippen LogP contribution in [0, 0.1) is 12.7 Å². The Kier molecular flexibility index (Phi) is 18.1. The highest BCUT2D eigenvalue weighted by atomic mass is 19.1. The minimum Gasteiger partial charge on any atom is -0.460 e. The number of rotatable bonds is 21. The van der Waals surface area contributed by atoms with Crippen LogP contribution in [0.2, 0.25) is 0 Å². The van der Waals surface area contributed by atoms with Crippen molar-refractivity contribution in [3.63, 3.8) is 0 Å². The van der Waals surface area contributed by atoms with Crippen molar-refractivity contribution in [2.75, 3.05) is 39.9 Å². The predicted octanol–water partition coefficient (Wildman–Crippen LogP) is 4.12. The van der Waals surface area contributed by atoms with E-state index in [1.54, 1.807) is 64.1 Å². The molecule has 0 spiro atoms. The van der Waals surface area contributed by atoms with Crippen LogP contribution >= 0.6 is 0 Å². The van der Waals surface area contributed by atoms with Crippen LogP contribution in [0.3, 0.4) is 0 Å². The number of methoxy groups -OCH3 is 1. The van der Waals surface area contributed by atoms with Crippen LogP contribution < -0.4 is 42.8 Å². The number of pyridine rings is 2. The van der Waals surface area contributed by atoms with Gasteiger partial charge in [-0.1, -0.05) is 78.9 Å². The van der Waals surface area contributed by atoms with Crippen molar-refractivity contribution >= 4 is 64.4 Å². The third-order valence-electron chi connectivity index (χ3n) is 16.4. The number of aromatic nitrogens is 2. The number of hydrogen-bond donors (Lipinski definition) is 7. The summed E-state index contributed by atoms with van der Waals surface area (Å²) >= 11 is 0. The van der Waals surface area contributed by atoms with Crippen LogP contribution in [0.4, 0.5) is 9.18 Å². The van der Waals surface area contributed by atoms with E-state index in [-0.39, 0.29) is 62.4 Å².